The van der Waals surface area contributed by atoms with Crippen LogP contribution < -0.4 is 5.32 Å². The molecule has 0 aliphatic rings. The van der Waals surface area contributed by atoms with Crippen LogP contribution in [-0.4, -0.2) is 11.1 Å². The highest BCUT2D eigenvalue weighted by Crippen LogP contribution is 2.20. The second-order valence-electron chi connectivity index (χ2n) is 3.59. The Kier molecular flexibility index (Phi) is 3.53. The van der Waals surface area contributed by atoms with Gasteiger partial charge >= 0.3 is 5.97 Å². The first-order valence-corrected chi connectivity index (χ1v) is 5.43. The van der Waals surface area contributed by atoms with Crippen molar-refractivity contribution in [3.05, 3.63) is 52.7 Å². The largest absolute Gasteiger partial charge is 0.478 e. The monoisotopic (exact) mass is 269 g/mol. The van der Waals surface area contributed by atoms with Crippen LogP contribution in [0.2, 0.25) is 5.02 Å². The summed E-state index contributed by atoms with van der Waals surface area (Å²) in [6.45, 7) is 0.287. The van der Waals surface area contributed by atoms with Crippen LogP contribution in [0.4, 0.5) is 10.1 Å². The number of hydrogen-bond donors (Lipinski definition) is 2. The van der Waals surface area contributed by atoms with Gasteiger partial charge in [0.25, 0.3) is 0 Å². The van der Waals surface area contributed by atoms with Gasteiger partial charge in [0.1, 0.15) is 17.8 Å². The van der Waals surface area contributed by atoms with E-state index in [1.54, 1.807) is 0 Å². The Labute approximate surface area is 107 Å². The van der Waals surface area contributed by atoms with Gasteiger partial charge < -0.3 is 14.8 Å². The molecule has 1 aromatic carbocycles. The van der Waals surface area contributed by atoms with Crippen molar-refractivity contribution in [2.45, 2.75) is 6.54 Å². The van der Waals surface area contributed by atoms with Crippen molar-refractivity contribution in [1.29, 1.82) is 0 Å². The van der Waals surface area contributed by atoms with Gasteiger partial charge in [-0.05, 0) is 24.3 Å². The Morgan fingerprint density at radius 3 is 2.83 bits per heavy atom. The molecular formula is C12H9ClFNO3. The summed E-state index contributed by atoms with van der Waals surface area (Å²) in [5.74, 6) is -1.07. The van der Waals surface area contributed by atoms with Gasteiger partial charge in [-0.1, -0.05) is 11.6 Å². The van der Waals surface area contributed by atoms with Crippen molar-refractivity contribution in [3.63, 3.8) is 0 Å². The first-order valence-electron chi connectivity index (χ1n) is 5.06. The fourth-order valence-electron chi connectivity index (χ4n) is 1.38. The number of halogens is 2. The number of hydrogen-bond acceptors (Lipinski definition) is 3. The van der Waals surface area contributed by atoms with E-state index in [1.165, 1.54) is 24.3 Å². The molecule has 4 nitrogen and oxygen atoms in total. The highest BCUT2D eigenvalue weighted by Gasteiger charge is 2.08. The molecule has 0 amide bonds. The number of carboxylic acid groups (broad SMARTS) is 1. The maximum atomic E-state index is 12.9. The summed E-state index contributed by atoms with van der Waals surface area (Å²) in [4.78, 5) is 10.6. The number of carbonyl (C=O) groups is 1. The van der Waals surface area contributed by atoms with Crippen LogP contribution in [0.15, 0.2) is 34.9 Å². The maximum absolute atomic E-state index is 12.9. The molecule has 18 heavy (non-hydrogen) atoms. The zero-order chi connectivity index (χ0) is 13.1. The number of carboxylic acids is 1. The fourth-order valence-corrected chi connectivity index (χ4v) is 1.56. The summed E-state index contributed by atoms with van der Waals surface area (Å²) in [7, 11) is 0. The van der Waals surface area contributed by atoms with E-state index in [0.717, 1.165) is 6.26 Å². The number of nitrogens with one attached hydrogen (secondary N) is 1. The summed E-state index contributed by atoms with van der Waals surface area (Å²) in [6.07, 6.45) is 1.16. The van der Waals surface area contributed by atoms with Crippen LogP contribution >= 0.6 is 11.6 Å². The second-order valence-corrected chi connectivity index (χ2v) is 4.00. The SMILES string of the molecule is O=C(O)c1coc(CNc2ccc(F)c(Cl)c2)c1. The maximum Gasteiger partial charge on any atom is 0.338 e. The Morgan fingerprint density at radius 1 is 1.44 bits per heavy atom. The summed E-state index contributed by atoms with van der Waals surface area (Å²) >= 11 is 5.63. The van der Waals surface area contributed by atoms with E-state index in [2.05, 4.69) is 5.32 Å². The topological polar surface area (TPSA) is 62.5 Å². The predicted octanol–water partition coefficient (Wildman–Crippen LogP) is 3.38. The van der Waals surface area contributed by atoms with Crippen LogP contribution in [0.3, 0.4) is 0 Å². The quantitative estimate of drug-likeness (QED) is 0.893. The Balaban J connectivity index is 2.02. The average molecular weight is 270 g/mol. The van der Waals surface area contributed by atoms with Crippen molar-refractivity contribution in [3.8, 4) is 0 Å². The zero-order valence-corrected chi connectivity index (χ0v) is 9.87. The van der Waals surface area contributed by atoms with E-state index < -0.39 is 11.8 Å². The van der Waals surface area contributed by atoms with Crippen molar-refractivity contribution in [1.82, 2.24) is 0 Å². The molecule has 0 saturated carbocycles. The summed E-state index contributed by atoms with van der Waals surface area (Å²) in [5.41, 5.74) is 0.707. The third-order valence-electron chi connectivity index (χ3n) is 2.29. The lowest BCUT2D eigenvalue weighted by Crippen LogP contribution is -1.98. The third-order valence-corrected chi connectivity index (χ3v) is 2.58. The van der Waals surface area contributed by atoms with E-state index >= 15 is 0 Å². The molecule has 0 unspecified atom stereocenters. The molecule has 0 spiro atoms. The van der Waals surface area contributed by atoms with Gasteiger partial charge in [0.15, 0.2) is 0 Å². The lowest BCUT2D eigenvalue weighted by atomic mass is 10.3. The van der Waals surface area contributed by atoms with Crippen LogP contribution in [0.25, 0.3) is 0 Å². The summed E-state index contributed by atoms with van der Waals surface area (Å²) in [6, 6.07) is 5.64. The van der Waals surface area contributed by atoms with Gasteiger partial charge in [-0.3, -0.25) is 0 Å². The molecule has 0 fully saturated rings. The lowest BCUT2D eigenvalue weighted by Gasteiger charge is -2.04. The Hall–Kier alpha value is -2.01. The first-order chi connectivity index (χ1) is 8.56. The van der Waals surface area contributed by atoms with Gasteiger partial charge in [0, 0.05) is 5.69 Å². The van der Waals surface area contributed by atoms with Crippen molar-refractivity contribution in [2.75, 3.05) is 5.32 Å². The van der Waals surface area contributed by atoms with Crippen LogP contribution in [-0.2, 0) is 6.54 Å². The summed E-state index contributed by atoms with van der Waals surface area (Å²) in [5, 5.41) is 11.7. The molecule has 0 aliphatic heterocycles. The average Bonchev–Trinajstić information content (AvgIpc) is 2.79. The number of benzene rings is 1. The number of aromatic carboxylic acids is 1. The number of rotatable bonds is 4. The van der Waals surface area contributed by atoms with E-state index in [0.29, 0.717) is 11.4 Å². The minimum atomic E-state index is -1.05. The normalized spacial score (nSPS) is 10.3. The van der Waals surface area contributed by atoms with Crippen molar-refractivity contribution in [2.24, 2.45) is 0 Å². The number of furan rings is 1. The molecular weight excluding hydrogens is 261 g/mol. The highest BCUT2D eigenvalue weighted by atomic mass is 35.5. The van der Waals surface area contributed by atoms with Gasteiger partial charge in [-0.2, -0.15) is 0 Å². The Bertz CT molecular complexity index is 582. The van der Waals surface area contributed by atoms with Gasteiger partial charge in [-0.25, -0.2) is 9.18 Å². The number of anilines is 1. The fraction of sp³-hybridized carbons (Fsp3) is 0.0833. The molecule has 0 bridgehead atoms. The minimum absolute atomic E-state index is 0.0191. The molecule has 0 aliphatic carbocycles. The molecule has 0 radical (unpaired) electrons. The summed E-state index contributed by atoms with van der Waals surface area (Å²) < 4.78 is 18.0. The van der Waals surface area contributed by atoms with Crippen LogP contribution in [0.1, 0.15) is 16.1 Å². The molecule has 2 N–H and O–H groups in total. The smallest absolute Gasteiger partial charge is 0.338 e. The lowest BCUT2D eigenvalue weighted by molar-refractivity contribution is 0.0696. The van der Waals surface area contributed by atoms with Gasteiger partial charge in [0.05, 0.1) is 17.1 Å². The standard InChI is InChI=1S/C12H9ClFNO3/c13-10-4-8(1-2-11(10)14)15-5-9-3-7(6-18-9)12(16)17/h1-4,6,15H,5H2,(H,16,17). The highest BCUT2D eigenvalue weighted by molar-refractivity contribution is 6.31. The first kappa shape index (κ1) is 12.4. The Morgan fingerprint density at radius 2 is 2.22 bits per heavy atom. The molecule has 2 rings (SSSR count). The van der Waals surface area contributed by atoms with E-state index in [-0.39, 0.29) is 17.1 Å². The molecule has 94 valence electrons. The van der Waals surface area contributed by atoms with Gasteiger partial charge in [0.2, 0.25) is 0 Å². The minimum Gasteiger partial charge on any atom is -0.478 e. The van der Waals surface area contributed by atoms with E-state index in [4.69, 9.17) is 21.1 Å². The van der Waals surface area contributed by atoms with Crippen molar-refractivity contribution < 1.29 is 18.7 Å². The molecule has 1 heterocycles. The second kappa shape index (κ2) is 5.10. The molecule has 0 atom stereocenters. The van der Waals surface area contributed by atoms with Gasteiger partial charge in [-0.15, -0.1) is 0 Å². The van der Waals surface area contributed by atoms with Crippen molar-refractivity contribution >= 4 is 23.3 Å². The van der Waals surface area contributed by atoms with Crippen LogP contribution in [0.5, 0.6) is 0 Å². The third kappa shape index (κ3) is 2.81. The van der Waals surface area contributed by atoms with Crippen LogP contribution in [0, 0.1) is 5.82 Å². The predicted molar refractivity (Wildman–Crippen MR) is 64.4 cm³/mol. The van der Waals surface area contributed by atoms with E-state index in [9.17, 15) is 9.18 Å². The van der Waals surface area contributed by atoms with E-state index in [1.807, 2.05) is 0 Å². The zero-order valence-electron chi connectivity index (χ0n) is 9.11. The molecule has 2 aromatic rings. The molecule has 0 saturated heterocycles. The molecule has 6 heteroatoms. The molecule has 1 aromatic heterocycles.